The first-order chi connectivity index (χ1) is 9.48. The van der Waals surface area contributed by atoms with Crippen molar-refractivity contribution in [2.75, 3.05) is 13.7 Å². The van der Waals surface area contributed by atoms with E-state index in [4.69, 9.17) is 4.74 Å². The summed E-state index contributed by atoms with van der Waals surface area (Å²) in [5.41, 5.74) is 1.60. The molecule has 1 rings (SSSR count). The maximum atomic E-state index is 12.3. The first-order valence-electron chi connectivity index (χ1n) is 6.72. The summed E-state index contributed by atoms with van der Waals surface area (Å²) in [6, 6.07) is 4.59. The molecule has 0 saturated carbocycles. The average molecular weight is 301 g/mol. The Morgan fingerprint density at radius 3 is 2.50 bits per heavy atom. The fraction of sp³-hybridized carbons (Fsp3) is 0.571. The number of rotatable bonds is 8. The molecular formula is C14H23NO4S. The normalized spacial score (nSPS) is 13.4. The third-order valence-corrected chi connectivity index (χ3v) is 4.74. The summed E-state index contributed by atoms with van der Waals surface area (Å²) < 4.78 is 32.2. The number of hydrogen-bond donors (Lipinski definition) is 2. The summed E-state index contributed by atoms with van der Waals surface area (Å²) in [5.74, 6) is 0. The number of sulfonamides is 1. The van der Waals surface area contributed by atoms with Crippen LogP contribution in [0.15, 0.2) is 23.1 Å². The molecule has 0 radical (unpaired) electrons. The van der Waals surface area contributed by atoms with E-state index in [0.717, 1.165) is 12.0 Å². The van der Waals surface area contributed by atoms with Crippen LogP contribution in [0.25, 0.3) is 0 Å². The van der Waals surface area contributed by atoms with Gasteiger partial charge in [0.15, 0.2) is 0 Å². The smallest absolute Gasteiger partial charge is 0.240 e. The van der Waals surface area contributed by atoms with Crippen molar-refractivity contribution in [1.29, 1.82) is 0 Å². The van der Waals surface area contributed by atoms with E-state index in [9.17, 15) is 13.5 Å². The standard InChI is InChI=1S/C14H23NO4S/c1-4-11-6-7-14(8-12(11)9-16)20(17,18)15-13(5-2)10-19-3/h6-8,13,15-16H,4-5,9-10H2,1-3H3. The summed E-state index contributed by atoms with van der Waals surface area (Å²) in [5, 5.41) is 9.32. The van der Waals surface area contributed by atoms with Crippen molar-refractivity contribution >= 4 is 10.0 Å². The fourth-order valence-corrected chi connectivity index (χ4v) is 3.34. The zero-order valence-corrected chi connectivity index (χ0v) is 13.0. The summed E-state index contributed by atoms with van der Waals surface area (Å²) in [6.07, 6.45) is 1.40. The molecule has 0 spiro atoms. The fourth-order valence-electron chi connectivity index (χ4n) is 1.99. The third kappa shape index (κ3) is 4.28. The zero-order valence-electron chi connectivity index (χ0n) is 12.2. The summed E-state index contributed by atoms with van der Waals surface area (Å²) in [4.78, 5) is 0.174. The lowest BCUT2D eigenvalue weighted by molar-refractivity contribution is 0.173. The van der Waals surface area contributed by atoms with E-state index in [-0.39, 0.29) is 17.5 Å². The Labute approximate surface area is 121 Å². The Hall–Kier alpha value is -0.950. The SMILES string of the molecule is CCc1ccc(S(=O)(=O)NC(CC)COC)cc1CO. The molecule has 0 fully saturated rings. The highest BCUT2D eigenvalue weighted by Gasteiger charge is 2.19. The van der Waals surface area contributed by atoms with E-state index in [2.05, 4.69) is 4.72 Å². The molecule has 6 heteroatoms. The van der Waals surface area contributed by atoms with Gasteiger partial charge in [-0.15, -0.1) is 0 Å². The molecule has 0 heterocycles. The first-order valence-corrected chi connectivity index (χ1v) is 8.20. The van der Waals surface area contributed by atoms with E-state index in [1.165, 1.54) is 13.2 Å². The first kappa shape index (κ1) is 17.1. The molecule has 1 aromatic carbocycles. The predicted octanol–water partition coefficient (Wildman–Crippen LogP) is 1.44. The predicted molar refractivity (Wildman–Crippen MR) is 78.0 cm³/mol. The average Bonchev–Trinajstić information content (AvgIpc) is 2.45. The van der Waals surface area contributed by atoms with Crippen molar-refractivity contribution in [3.05, 3.63) is 29.3 Å². The molecular weight excluding hydrogens is 278 g/mol. The molecule has 0 saturated heterocycles. The Morgan fingerprint density at radius 1 is 1.30 bits per heavy atom. The monoisotopic (exact) mass is 301 g/mol. The molecule has 114 valence electrons. The number of aliphatic hydroxyl groups excluding tert-OH is 1. The van der Waals surface area contributed by atoms with Crippen LogP contribution in [0.5, 0.6) is 0 Å². The highest BCUT2D eigenvalue weighted by atomic mass is 32.2. The molecule has 0 aliphatic heterocycles. The van der Waals surface area contributed by atoms with Crippen LogP contribution in [-0.4, -0.2) is 33.3 Å². The molecule has 0 bridgehead atoms. The van der Waals surface area contributed by atoms with Crippen molar-refractivity contribution in [3.63, 3.8) is 0 Å². The molecule has 2 N–H and O–H groups in total. The quantitative estimate of drug-likeness (QED) is 0.762. The lowest BCUT2D eigenvalue weighted by Gasteiger charge is -2.17. The second-order valence-corrected chi connectivity index (χ2v) is 6.34. The maximum absolute atomic E-state index is 12.3. The van der Waals surface area contributed by atoms with Crippen LogP contribution in [0.1, 0.15) is 31.4 Å². The lowest BCUT2D eigenvalue weighted by atomic mass is 10.1. The lowest BCUT2D eigenvalue weighted by Crippen LogP contribution is -2.37. The van der Waals surface area contributed by atoms with Crippen LogP contribution in [-0.2, 0) is 27.8 Å². The summed E-state index contributed by atoms with van der Waals surface area (Å²) >= 11 is 0. The minimum absolute atomic E-state index is 0.165. The largest absolute Gasteiger partial charge is 0.392 e. The van der Waals surface area contributed by atoms with Crippen LogP contribution >= 0.6 is 0 Å². The van der Waals surface area contributed by atoms with Crippen molar-refractivity contribution in [2.45, 2.75) is 44.2 Å². The van der Waals surface area contributed by atoms with Crippen LogP contribution < -0.4 is 4.72 Å². The molecule has 0 aliphatic rings. The highest BCUT2D eigenvalue weighted by molar-refractivity contribution is 7.89. The van der Waals surface area contributed by atoms with E-state index in [1.54, 1.807) is 12.1 Å². The Bertz CT molecular complexity index is 528. The Morgan fingerprint density at radius 2 is 2.00 bits per heavy atom. The third-order valence-electron chi connectivity index (χ3n) is 3.22. The molecule has 1 unspecified atom stereocenters. The number of methoxy groups -OCH3 is 1. The summed E-state index contributed by atoms with van der Waals surface area (Å²) in [6.45, 7) is 4.02. The van der Waals surface area contributed by atoms with Gasteiger partial charge in [0.05, 0.1) is 18.1 Å². The number of aliphatic hydroxyl groups is 1. The summed E-state index contributed by atoms with van der Waals surface area (Å²) in [7, 11) is -2.05. The van der Waals surface area contributed by atoms with Crippen molar-refractivity contribution in [3.8, 4) is 0 Å². The van der Waals surface area contributed by atoms with Gasteiger partial charge < -0.3 is 9.84 Å². The Kier molecular flexibility index (Phi) is 6.61. The van der Waals surface area contributed by atoms with Crippen LogP contribution in [0, 0.1) is 0 Å². The van der Waals surface area contributed by atoms with E-state index < -0.39 is 10.0 Å². The molecule has 0 aliphatic carbocycles. The van der Waals surface area contributed by atoms with Crippen molar-refractivity contribution < 1.29 is 18.3 Å². The Balaban J connectivity index is 3.03. The number of aryl methyl sites for hydroxylation is 1. The number of benzene rings is 1. The van der Waals surface area contributed by atoms with Gasteiger partial charge in [-0.3, -0.25) is 0 Å². The van der Waals surface area contributed by atoms with Gasteiger partial charge in [-0.2, -0.15) is 0 Å². The van der Waals surface area contributed by atoms with Crippen molar-refractivity contribution in [2.24, 2.45) is 0 Å². The van der Waals surface area contributed by atoms with Crippen LogP contribution in [0.3, 0.4) is 0 Å². The minimum atomic E-state index is -3.59. The van der Waals surface area contributed by atoms with Gasteiger partial charge in [0.25, 0.3) is 0 Å². The molecule has 1 aromatic rings. The second-order valence-electron chi connectivity index (χ2n) is 4.62. The van der Waals surface area contributed by atoms with E-state index >= 15 is 0 Å². The second kappa shape index (κ2) is 7.73. The van der Waals surface area contributed by atoms with E-state index in [0.29, 0.717) is 18.6 Å². The number of nitrogens with one attached hydrogen (secondary N) is 1. The highest BCUT2D eigenvalue weighted by Crippen LogP contribution is 2.17. The maximum Gasteiger partial charge on any atom is 0.240 e. The van der Waals surface area contributed by atoms with Gasteiger partial charge >= 0.3 is 0 Å². The topological polar surface area (TPSA) is 75.6 Å². The van der Waals surface area contributed by atoms with Crippen LogP contribution in [0.4, 0.5) is 0 Å². The molecule has 20 heavy (non-hydrogen) atoms. The molecule has 0 aromatic heterocycles. The molecule has 0 amide bonds. The van der Waals surface area contributed by atoms with E-state index in [1.807, 2.05) is 13.8 Å². The van der Waals surface area contributed by atoms with Crippen LogP contribution in [0.2, 0.25) is 0 Å². The van der Waals surface area contributed by atoms with Gasteiger partial charge in [0.1, 0.15) is 0 Å². The minimum Gasteiger partial charge on any atom is -0.392 e. The zero-order chi connectivity index (χ0) is 15.2. The molecule has 1 atom stereocenters. The number of ether oxygens (including phenoxy) is 1. The van der Waals surface area contributed by atoms with Gasteiger partial charge in [0.2, 0.25) is 10.0 Å². The van der Waals surface area contributed by atoms with Gasteiger partial charge in [-0.1, -0.05) is 19.9 Å². The molecule has 5 nitrogen and oxygen atoms in total. The van der Waals surface area contributed by atoms with Gasteiger partial charge in [-0.25, -0.2) is 13.1 Å². The van der Waals surface area contributed by atoms with Crippen molar-refractivity contribution in [1.82, 2.24) is 4.72 Å². The number of hydrogen-bond acceptors (Lipinski definition) is 4. The van der Waals surface area contributed by atoms with Gasteiger partial charge in [-0.05, 0) is 36.1 Å². The van der Waals surface area contributed by atoms with Gasteiger partial charge in [0, 0.05) is 13.2 Å².